The zero-order chi connectivity index (χ0) is 19.8. The van der Waals surface area contributed by atoms with Gasteiger partial charge in [0.15, 0.2) is 5.82 Å². The standard InChI is InChI=1S/C21H22N6OS/c1-26(2)21-24-20(28-25-21)14-9-11-27(12-10-14)19-15-6-3-4-7-16(15)22-18(23-19)17-8-5-13-29-17/h3-8,13-14H,9-12H2,1-2H3. The summed E-state index contributed by atoms with van der Waals surface area (Å²) in [5.41, 5.74) is 0.982. The minimum atomic E-state index is 0.289. The number of hydrogen-bond acceptors (Lipinski definition) is 8. The maximum atomic E-state index is 5.50. The van der Waals surface area contributed by atoms with Crippen molar-refractivity contribution >= 4 is 34.0 Å². The lowest BCUT2D eigenvalue weighted by Crippen LogP contribution is -2.34. The second kappa shape index (κ2) is 7.44. The van der Waals surface area contributed by atoms with Crippen molar-refractivity contribution in [2.45, 2.75) is 18.8 Å². The highest BCUT2D eigenvalue weighted by molar-refractivity contribution is 7.13. The maximum Gasteiger partial charge on any atom is 0.265 e. The highest BCUT2D eigenvalue weighted by Gasteiger charge is 2.27. The van der Waals surface area contributed by atoms with Crippen LogP contribution in [0.15, 0.2) is 46.3 Å². The number of para-hydroxylation sites is 1. The molecular formula is C21H22N6OS. The van der Waals surface area contributed by atoms with Crippen molar-refractivity contribution in [2.24, 2.45) is 0 Å². The number of benzene rings is 1. The zero-order valence-corrected chi connectivity index (χ0v) is 17.3. The van der Waals surface area contributed by atoms with Crippen molar-refractivity contribution in [3.05, 3.63) is 47.7 Å². The first-order valence-electron chi connectivity index (χ1n) is 9.75. The predicted octanol–water partition coefficient (Wildman–Crippen LogP) is 4.19. The molecule has 0 unspecified atom stereocenters. The van der Waals surface area contributed by atoms with Crippen LogP contribution in [0.3, 0.4) is 0 Å². The van der Waals surface area contributed by atoms with E-state index in [0.717, 1.165) is 59.2 Å². The normalized spacial score (nSPS) is 15.2. The highest BCUT2D eigenvalue weighted by Crippen LogP contribution is 2.34. The molecular weight excluding hydrogens is 384 g/mol. The summed E-state index contributed by atoms with van der Waals surface area (Å²) in [5, 5.41) is 7.21. The van der Waals surface area contributed by atoms with E-state index in [0.29, 0.717) is 5.95 Å². The van der Waals surface area contributed by atoms with Crippen LogP contribution in [0, 0.1) is 0 Å². The number of fused-ring (bicyclic) bond motifs is 1. The molecule has 0 spiro atoms. The summed E-state index contributed by atoms with van der Waals surface area (Å²) >= 11 is 1.67. The van der Waals surface area contributed by atoms with Crippen molar-refractivity contribution in [3.63, 3.8) is 0 Å². The summed E-state index contributed by atoms with van der Waals surface area (Å²) in [5.74, 6) is 3.46. The Morgan fingerprint density at radius 3 is 2.59 bits per heavy atom. The number of nitrogens with zero attached hydrogens (tertiary/aromatic N) is 6. The third kappa shape index (κ3) is 3.44. The van der Waals surface area contributed by atoms with Gasteiger partial charge in [-0.25, -0.2) is 9.97 Å². The van der Waals surface area contributed by atoms with E-state index in [9.17, 15) is 0 Å². The molecule has 1 aliphatic rings. The molecule has 4 aromatic rings. The first kappa shape index (κ1) is 18.1. The van der Waals surface area contributed by atoms with Gasteiger partial charge in [-0.15, -0.1) is 11.3 Å². The molecule has 29 heavy (non-hydrogen) atoms. The van der Waals surface area contributed by atoms with E-state index in [1.807, 2.05) is 37.2 Å². The first-order chi connectivity index (χ1) is 14.2. The number of anilines is 2. The number of piperidine rings is 1. The summed E-state index contributed by atoms with van der Waals surface area (Å²) in [6, 6.07) is 12.4. The minimum absolute atomic E-state index is 0.289. The molecule has 4 heterocycles. The van der Waals surface area contributed by atoms with Crippen molar-refractivity contribution in [1.82, 2.24) is 20.1 Å². The molecule has 1 aliphatic heterocycles. The molecule has 8 heteroatoms. The molecule has 0 aliphatic carbocycles. The van der Waals surface area contributed by atoms with Gasteiger partial charge in [0.25, 0.3) is 5.95 Å². The van der Waals surface area contributed by atoms with E-state index < -0.39 is 0 Å². The average Bonchev–Trinajstić information content (AvgIpc) is 3.45. The van der Waals surface area contributed by atoms with Crippen molar-refractivity contribution < 1.29 is 4.52 Å². The van der Waals surface area contributed by atoms with Crippen molar-refractivity contribution in [2.75, 3.05) is 37.0 Å². The Labute approximate surface area is 173 Å². The average molecular weight is 407 g/mol. The van der Waals surface area contributed by atoms with Gasteiger partial charge < -0.3 is 14.3 Å². The molecule has 148 valence electrons. The van der Waals surface area contributed by atoms with E-state index >= 15 is 0 Å². The second-order valence-electron chi connectivity index (χ2n) is 7.45. The Bertz CT molecular complexity index is 1120. The number of thiophene rings is 1. The van der Waals surface area contributed by atoms with E-state index in [1.54, 1.807) is 11.3 Å². The van der Waals surface area contributed by atoms with Gasteiger partial charge in [0.05, 0.1) is 10.4 Å². The van der Waals surface area contributed by atoms with Crippen molar-refractivity contribution in [1.29, 1.82) is 0 Å². The smallest absolute Gasteiger partial charge is 0.265 e. The van der Waals surface area contributed by atoms with Gasteiger partial charge in [0, 0.05) is 38.5 Å². The molecule has 0 atom stereocenters. The fourth-order valence-electron chi connectivity index (χ4n) is 3.73. The van der Waals surface area contributed by atoms with Gasteiger partial charge in [-0.2, -0.15) is 4.98 Å². The van der Waals surface area contributed by atoms with Crippen LogP contribution in [0.4, 0.5) is 11.8 Å². The van der Waals surface area contributed by atoms with Gasteiger partial charge in [0.1, 0.15) is 5.82 Å². The quantitative estimate of drug-likeness (QED) is 0.503. The lowest BCUT2D eigenvalue weighted by molar-refractivity contribution is 0.329. The Morgan fingerprint density at radius 1 is 1.03 bits per heavy atom. The largest absolute Gasteiger partial charge is 0.356 e. The molecule has 0 radical (unpaired) electrons. The predicted molar refractivity (Wildman–Crippen MR) is 116 cm³/mol. The van der Waals surface area contributed by atoms with Crippen LogP contribution in [0.25, 0.3) is 21.6 Å². The van der Waals surface area contributed by atoms with Gasteiger partial charge in [0.2, 0.25) is 5.89 Å². The van der Waals surface area contributed by atoms with Gasteiger partial charge in [-0.3, -0.25) is 0 Å². The lowest BCUT2D eigenvalue weighted by Gasteiger charge is -2.32. The van der Waals surface area contributed by atoms with Gasteiger partial charge in [-0.05, 0) is 41.6 Å². The summed E-state index contributed by atoms with van der Waals surface area (Å²) in [6.07, 6.45) is 1.92. The first-order valence-corrected chi connectivity index (χ1v) is 10.6. The molecule has 5 rings (SSSR count). The topological polar surface area (TPSA) is 71.2 Å². The molecule has 0 saturated carbocycles. The minimum Gasteiger partial charge on any atom is -0.356 e. The summed E-state index contributed by atoms with van der Waals surface area (Å²) in [4.78, 5) is 19.6. The Hall–Kier alpha value is -3.00. The maximum absolute atomic E-state index is 5.50. The molecule has 7 nitrogen and oxygen atoms in total. The zero-order valence-electron chi connectivity index (χ0n) is 16.4. The molecule has 3 aromatic heterocycles. The summed E-state index contributed by atoms with van der Waals surface area (Å²) in [6.45, 7) is 1.80. The van der Waals surface area contributed by atoms with Crippen LogP contribution in [-0.4, -0.2) is 47.3 Å². The molecule has 1 aromatic carbocycles. The Kier molecular flexibility index (Phi) is 4.63. The van der Waals surface area contributed by atoms with Crippen LogP contribution in [0.1, 0.15) is 24.7 Å². The van der Waals surface area contributed by atoms with E-state index in [-0.39, 0.29) is 5.92 Å². The van der Waals surface area contributed by atoms with Crippen LogP contribution < -0.4 is 9.80 Å². The highest BCUT2D eigenvalue weighted by atomic mass is 32.1. The van der Waals surface area contributed by atoms with E-state index in [1.165, 1.54) is 0 Å². The van der Waals surface area contributed by atoms with Crippen LogP contribution in [-0.2, 0) is 0 Å². The molecule has 1 fully saturated rings. The molecule has 1 saturated heterocycles. The molecule has 0 bridgehead atoms. The SMILES string of the molecule is CN(C)c1noc(C2CCN(c3nc(-c4cccs4)nc4ccccc34)CC2)n1. The molecule has 0 amide bonds. The Morgan fingerprint density at radius 2 is 1.86 bits per heavy atom. The second-order valence-corrected chi connectivity index (χ2v) is 8.40. The van der Waals surface area contributed by atoms with Crippen molar-refractivity contribution in [3.8, 4) is 10.7 Å². The van der Waals surface area contributed by atoms with Gasteiger partial charge in [-0.1, -0.05) is 18.2 Å². The van der Waals surface area contributed by atoms with E-state index in [2.05, 4.69) is 38.6 Å². The van der Waals surface area contributed by atoms with Gasteiger partial charge >= 0.3 is 0 Å². The third-order valence-corrected chi connectivity index (χ3v) is 6.17. The summed E-state index contributed by atoms with van der Waals surface area (Å²) in [7, 11) is 3.84. The van der Waals surface area contributed by atoms with Crippen LogP contribution in [0.2, 0.25) is 0 Å². The Balaban J connectivity index is 1.42. The lowest BCUT2D eigenvalue weighted by atomic mass is 9.96. The van der Waals surface area contributed by atoms with E-state index in [4.69, 9.17) is 14.5 Å². The monoisotopic (exact) mass is 406 g/mol. The molecule has 0 N–H and O–H groups in total. The fourth-order valence-corrected chi connectivity index (χ4v) is 4.39. The third-order valence-electron chi connectivity index (χ3n) is 5.30. The fraction of sp³-hybridized carbons (Fsp3) is 0.333. The summed E-state index contributed by atoms with van der Waals surface area (Å²) < 4.78 is 5.50. The number of rotatable bonds is 4. The number of hydrogen-bond donors (Lipinski definition) is 0. The van der Waals surface area contributed by atoms with Crippen LogP contribution in [0.5, 0.6) is 0 Å². The van der Waals surface area contributed by atoms with Crippen LogP contribution >= 0.6 is 11.3 Å². The number of aromatic nitrogens is 4.